The third-order valence-electron chi connectivity index (χ3n) is 3.48. The van der Waals surface area contributed by atoms with Gasteiger partial charge in [-0.15, -0.1) is 0 Å². The fraction of sp³-hybridized carbons (Fsp3) is 0.647. The third kappa shape index (κ3) is 6.15. The Labute approximate surface area is 143 Å². The molecule has 0 heterocycles. The highest BCUT2D eigenvalue weighted by molar-refractivity contribution is 9.10. The first-order valence-electron chi connectivity index (χ1n) is 7.97. The Morgan fingerprint density at radius 3 is 2.45 bits per heavy atom. The molecule has 0 amide bonds. The van der Waals surface area contributed by atoms with Gasteiger partial charge in [0.25, 0.3) is 0 Å². The van der Waals surface area contributed by atoms with Crippen molar-refractivity contribution < 1.29 is 9.47 Å². The zero-order valence-corrected chi connectivity index (χ0v) is 16.0. The van der Waals surface area contributed by atoms with Crippen molar-refractivity contribution in [3.05, 3.63) is 22.2 Å². The van der Waals surface area contributed by atoms with E-state index in [4.69, 9.17) is 9.47 Å². The highest BCUT2D eigenvalue weighted by atomic mass is 79.9. The minimum atomic E-state index is 0.115. The van der Waals surface area contributed by atoms with E-state index in [0.29, 0.717) is 0 Å². The summed E-state index contributed by atoms with van der Waals surface area (Å²) in [5.74, 6) is 1.60. The summed E-state index contributed by atoms with van der Waals surface area (Å²) in [6.07, 6.45) is 0.115. The lowest BCUT2D eigenvalue weighted by Gasteiger charge is -2.20. The molecular formula is C17H29BrN2O2. The monoisotopic (exact) mass is 372 g/mol. The number of likely N-dealkylation sites (N-methyl/N-ethyl adjacent to an activating group) is 1. The van der Waals surface area contributed by atoms with Gasteiger partial charge in [0, 0.05) is 29.7 Å². The molecule has 0 aliphatic heterocycles. The van der Waals surface area contributed by atoms with Gasteiger partial charge in [-0.3, -0.25) is 0 Å². The number of methoxy groups -OCH3 is 1. The van der Waals surface area contributed by atoms with E-state index in [2.05, 4.69) is 46.1 Å². The van der Waals surface area contributed by atoms with Gasteiger partial charge in [-0.1, -0.05) is 29.8 Å². The van der Waals surface area contributed by atoms with Gasteiger partial charge < -0.3 is 19.7 Å². The molecule has 22 heavy (non-hydrogen) atoms. The van der Waals surface area contributed by atoms with Crippen molar-refractivity contribution in [1.82, 2.24) is 10.2 Å². The SMILES string of the molecule is CCN(CC)CCNCc1cc(Br)cc(OC)c1OC(C)C. The van der Waals surface area contributed by atoms with Gasteiger partial charge in [0.15, 0.2) is 11.5 Å². The van der Waals surface area contributed by atoms with Gasteiger partial charge in [-0.05, 0) is 39.1 Å². The molecule has 0 saturated heterocycles. The van der Waals surface area contributed by atoms with E-state index in [1.807, 2.05) is 19.9 Å². The fourth-order valence-electron chi connectivity index (χ4n) is 2.28. The number of halogens is 1. The van der Waals surface area contributed by atoms with Gasteiger partial charge in [0.2, 0.25) is 0 Å². The lowest BCUT2D eigenvalue weighted by molar-refractivity contribution is 0.227. The molecule has 0 unspecified atom stereocenters. The molecule has 4 nitrogen and oxygen atoms in total. The highest BCUT2D eigenvalue weighted by Gasteiger charge is 2.14. The molecule has 1 N–H and O–H groups in total. The summed E-state index contributed by atoms with van der Waals surface area (Å²) in [6.45, 7) is 13.4. The van der Waals surface area contributed by atoms with Crippen LogP contribution in [0.25, 0.3) is 0 Å². The number of hydrogen-bond acceptors (Lipinski definition) is 4. The molecule has 0 spiro atoms. The molecule has 1 aromatic rings. The number of ether oxygens (including phenoxy) is 2. The number of hydrogen-bond donors (Lipinski definition) is 1. The molecular weight excluding hydrogens is 344 g/mol. The van der Waals surface area contributed by atoms with E-state index in [1.54, 1.807) is 7.11 Å². The van der Waals surface area contributed by atoms with Crippen LogP contribution in [0.4, 0.5) is 0 Å². The predicted molar refractivity (Wildman–Crippen MR) is 96.0 cm³/mol. The van der Waals surface area contributed by atoms with Crippen LogP contribution in [-0.2, 0) is 6.54 Å². The summed E-state index contributed by atoms with van der Waals surface area (Å²) in [7, 11) is 1.67. The van der Waals surface area contributed by atoms with Crippen molar-refractivity contribution >= 4 is 15.9 Å². The summed E-state index contributed by atoms with van der Waals surface area (Å²) >= 11 is 3.54. The topological polar surface area (TPSA) is 33.7 Å². The van der Waals surface area contributed by atoms with Crippen LogP contribution in [0.15, 0.2) is 16.6 Å². The van der Waals surface area contributed by atoms with E-state index in [1.165, 1.54) is 0 Å². The second kappa shape index (κ2) is 10.1. The van der Waals surface area contributed by atoms with Crippen LogP contribution in [0.5, 0.6) is 11.5 Å². The average Bonchev–Trinajstić information content (AvgIpc) is 2.49. The molecule has 1 rings (SSSR count). The van der Waals surface area contributed by atoms with Gasteiger partial charge in [-0.25, -0.2) is 0 Å². The first-order valence-corrected chi connectivity index (χ1v) is 8.77. The standard InChI is InChI=1S/C17H29BrN2O2/c1-6-20(7-2)9-8-19-12-14-10-15(18)11-16(21-5)17(14)22-13(3)4/h10-11,13,19H,6-9,12H2,1-5H3. The summed E-state index contributed by atoms with van der Waals surface area (Å²) in [5, 5.41) is 3.49. The van der Waals surface area contributed by atoms with Crippen molar-refractivity contribution in [2.75, 3.05) is 33.3 Å². The van der Waals surface area contributed by atoms with Crippen LogP contribution < -0.4 is 14.8 Å². The third-order valence-corrected chi connectivity index (χ3v) is 3.94. The molecule has 0 bridgehead atoms. The Kier molecular flexibility index (Phi) is 8.83. The Morgan fingerprint density at radius 2 is 1.91 bits per heavy atom. The first kappa shape index (κ1) is 19.3. The fourth-order valence-corrected chi connectivity index (χ4v) is 2.76. The normalized spacial score (nSPS) is 11.3. The lowest BCUT2D eigenvalue weighted by atomic mass is 10.1. The van der Waals surface area contributed by atoms with Crippen LogP contribution in [0, 0.1) is 0 Å². The molecule has 5 heteroatoms. The largest absolute Gasteiger partial charge is 0.493 e. The zero-order chi connectivity index (χ0) is 16.5. The smallest absolute Gasteiger partial charge is 0.166 e. The minimum absolute atomic E-state index is 0.115. The summed E-state index contributed by atoms with van der Waals surface area (Å²) in [4.78, 5) is 2.40. The summed E-state index contributed by atoms with van der Waals surface area (Å²) < 4.78 is 12.4. The second-order valence-electron chi connectivity index (χ2n) is 5.47. The van der Waals surface area contributed by atoms with Crippen LogP contribution in [-0.4, -0.2) is 44.3 Å². The van der Waals surface area contributed by atoms with Gasteiger partial charge >= 0.3 is 0 Å². The predicted octanol–water partition coefficient (Wildman–Crippen LogP) is 3.68. The molecule has 0 radical (unpaired) electrons. The summed E-state index contributed by atoms with van der Waals surface area (Å²) in [5.41, 5.74) is 1.11. The van der Waals surface area contributed by atoms with Crippen molar-refractivity contribution in [3.63, 3.8) is 0 Å². The highest BCUT2D eigenvalue weighted by Crippen LogP contribution is 2.35. The average molecular weight is 373 g/mol. The van der Waals surface area contributed by atoms with E-state index >= 15 is 0 Å². The molecule has 0 aromatic heterocycles. The maximum absolute atomic E-state index is 5.95. The van der Waals surface area contributed by atoms with Crippen molar-refractivity contribution in [2.45, 2.75) is 40.3 Å². The molecule has 126 valence electrons. The first-order chi connectivity index (χ1) is 10.5. The van der Waals surface area contributed by atoms with Gasteiger partial charge in [0.05, 0.1) is 13.2 Å². The van der Waals surface area contributed by atoms with Crippen LogP contribution in [0.3, 0.4) is 0 Å². The number of nitrogens with one attached hydrogen (secondary N) is 1. The van der Waals surface area contributed by atoms with Crippen molar-refractivity contribution in [1.29, 1.82) is 0 Å². The van der Waals surface area contributed by atoms with E-state index < -0.39 is 0 Å². The number of rotatable bonds is 10. The molecule has 1 aromatic carbocycles. The van der Waals surface area contributed by atoms with Crippen LogP contribution >= 0.6 is 15.9 Å². The molecule has 0 saturated carbocycles. The Morgan fingerprint density at radius 1 is 1.23 bits per heavy atom. The second-order valence-corrected chi connectivity index (χ2v) is 6.38. The Hall–Kier alpha value is -0.780. The summed E-state index contributed by atoms with van der Waals surface area (Å²) in [6, 6.07) is 4.03. The van der Waals surface area contributed by atoms with Crippen molar-refractivity contribution in [2.24, 2.45) is 0 Å². The number of benzene rings is 1. The van der Waals surface area contributed by atoms with Crippen LogP contribution in [0.2, 0.25) is 0 Å². The minimum Gasteiger partial charge on any atom is -0.493 e. The molecule has 0 aliphatic rings. The Balaban J connectivity index is 2.73. The van der Waals surface area contributed by atoms with Gasteiger partial charge in [0.1, 0.15) is 0 Å². The Bertz CT molecular complexity index is 449. The lowest BCUT2D eigenvalue weighted by Crippen LogP contribution is -2.31. The molecule has 0 atom stereocenters. The quantitative estimate of drug-likeness (QED) is 0.635. The maximum Gasteiger partial charge on any atom is 0.166 e. The van der Waals surface area contributed by atoms with Gasteiger partial charge in [-0.2, -0.15) is 0 Å². The molecule has 0 fully saturated rings. The molecule has 0 aliphatic carbocycles. The van der Waals surface area contributed by atoms with E-state index in [-0.39, 0.29) is 6.10 Å². The maximum atomic E-state index is 5.95. The van der Waals surface area contributed by atoms with E-state index in [9.17, 15) is 0 Å². The van der Waals surface area contributed by atoms with Crippen molar-refractivity contribution in [3.8, 4) is 11.5 Å². The van der Waals surface area contributed by atoms with E-state index in [0.717, 1.165) is 54.3 Å². The zero-order valence-electron chi connectivity index (χ0n) is 14.4. The van der Waals surface area contributed by atoms with Crippen LogP contribution in [0.1, 0.15) is 33.3 Å². The number of nitrogens with zero attached hydrogens (tertiary/aromatic N) is 1.